The average molecular weight is 266 g/mol. The van der Waals surface area contributed by atoms with Crippen molar-refractivity contribution >= 4 is 21.9 Å². The maximum Gasteiger partial charge on any atom is -0.00265 e. The molecule has 0 radical (unpaired) electrons. The summed E-state index contributed by atoms with van der Waals surface area (Å²) in [6, 6.07) is 22.1. The molecule has 98 valence electrons. The molecule has 0 unspecified atom stereocenters. The Labute approximate surface area is 124 Å². The highest BCUT2D eigenvalue weighted by atomic mass is 14.3. The first-order valence-corrected chi connectivity index (χ1v) is 7.46. The van der Waals surface area contributed by atoms with Crippen molar-refractivity contribution in [3.05, 3.63) is 83.9 Å². The van der Waals surface area contributed by atoms with Crippen LogP contribution in [0.25, 0.3) is 33.0 Å². The van der Waals surface area contributed by atoms with Gasteiger partial charge in [-0.2, -0.15) is 0 Å². The molecule has 0 amide bonds. The molecule has 2 aliphatic carbocycles. The van der Waals surface area contributed by atoms with E-state index < -0.39 is 0 Å². The van der Waals surface area contributed by atoms with Gasteiger partial charge in [-0.25, -0.2) is 0 Å². The Kier molecular flexibility index (Phi) is 2.09. The van der Waals surface area contributed by atoms with Gasteiger partial charge in [0.1, 0.15) is 0 Å². The minimum atomic E-state index is 1.04. The molecular weight excluding hydrogens is 252 g/mol. The molecule has 0 atom stereocenters. The minimum absolute atomic E-state index is 1.04. The van der Waals surface area contributed by atoms with Crippen LogP contribution in [0, 0.1) is 0 Å². The molecule has 0 spiro atoms. The normalized spacial score (nSPS) is 15.0. The molecular formula is C21H14. The predicted octanol–water partition coefficient (Wildman–Crippen LogP) is 5.69. The number of hydrogen-bond donors (Lipinski definition) is 0. The standard InChI is InChI=1S/C21H14/c1-2-9-17-15(8-1)16-10-5-11-18(16)20-13-4-7-14-6-3-12-19(17)21(14)20/h1-4,6-13H,5H2. The van der Waals surface area contributed by atoms with Crippen molar-refractivity contribution < 1.29 is 0 Å². The highest BCUT2D eigenvalue weighted by Gasteiger charge is 2.24. The van der Waals surface area contributed by atoms with Crippen LogP contribution in [-0.2, 0) is 0 Å². The number of allylic oxidation sites excluding steroid dienone is 4. The summed E-state index contributed by atoms with van der Waals surface area (Å²) in [6.45, 7) is 0. The molecule has 0 aromatic heterocycles. The van der Waals surface area contributed by atoms with Crippen LogP contribution in [0.3, 0.4) is 0 Å². The molecule has 5 rings (SSSR count). The Morgan fingerprint density at radius 2 is 1.14 bits per heavy atom. The van der Waals surface area contributed by atoms with Crippen molar-refractivity contribution in [1.82, 2.24) is 0 Å². The molecule has 0 aliphatic heterocycles. The Morgan fingerprint density at radius 1 is 0.524 bits per heavy atom. The quantitative estimate of drug-likeness (QED) is 0.490. The van der Waals surface area contributed by atoms with Crippen molar-refractivity contribution in [2.24, 2.45) is 0 Å². The predicted molar refractivity (Wildman–Crippen MR) is 90.0 cm³/mol. The first kappa shape index (κ1) is 11.1. The third-order valence-corrected chi connectivity index (χ3v) is 4.64. The second-order valence-corrected chi connectivity index (χ2v) is 5.73. The zero-order chi connectivity index (χ0) is 13.8. The lowest BCUT2D eigenvalue weighted by Gasteiger charge is -2.09. The molecule has 0 nitrogen and oxygen atoms in total. The monoisotopic (exact) mass is 266 g/mol. The molecule has 0 saturated heterocycles. The van der Waals surface area contributed by atoms with Gasteiger partial charge in [-0.3, -0.25) is 0 Å². The van der Waals surface area contributed by atoms with E-state index in [-0.39, 0.29) is 0 Å². The molecule has 0 heteroatoms. The molecule has 3 aromatic rings. The largest absolute Gasteiger partial charge is 0.0722 e. The van der Waals surface area contributed by atoms with Gasteiger partial charge in [-0.1, -0.05) is 72.8 Å². The summed E-state index contributed by atoms with van der Waals surface area (Å²) in [5.74, 6) is 0. The van der Waals surface area contributed by atoms with Gasteiger partial charge in [0.2, 0.25) is 0 Å². The first-order valence-electron chi connectivity index (χ1n) is 7.46. The zero-order valence-corrected chi connectivity index (χ0v) is 11.6. The zero-order valence-electron chi connectivity index (χ0n) is 11.6. The Hall–Kier alpha value is -2.60. The third-order valence-electron chi connectivity index (χ3n) is 4.64. The highest BCUT2D eigenvalue weighted by Crippen LogP contribution is 2.48. The van der Waals surface area contributed by atoms with Gasteiger partial charge < -0.3 is 0 Å². The van der Waals surface area contributed by atoms with Crippen LogP contribution in [0.1, 0.15) is 17.5 Å². The van der Waals surface area contributed by atoms with E-state index in [1.807, 2.05) is 0 Å². The molecule has 0 fully saturated rings. The van der Waals surface area contributed by atoms with Gasteiger partial charge in [-0.05, 0) is 50.6 Å². The van der Waals surface area contributed by atoms with Crippen molar-refractivity contribution in [1.29, 1.82) is 0 Å². The fourth-order valence-electron chi connectivity index (χ4n) is 3.77. The van der Waals surface area contributed by atoms with Gasteiger partial charge in [0.25, 0.3) is 0 Å². The van der Waals surface area contributed by atoms with Gasteiger partial charge in [0.05, 0.1) is 0 Å². The molecule has 0 N–H and O–H groups in total. The Balaban J connectivity index is 2.06. The summed E-state index contributed by atoms with van der Waals surface area (Å²) < 4.78 is 0. The van der Waals surface area contributed by atoms with Crippen LogP contribution in [0.15, 0.2) is 72.8 Å². The van der Waals surface area contributed by atoms with Gasteiger partial charge >= 0.3 is 0 Å². The number of rotatable bonds is 0. The van der Waals surface area contributed by atoms with Gasteiger partial charge in [0.15, 0.2) is 0 Å². The smallest absolute Gasteiger partial charge is 0.00265 e. The summed E-state index contributed by atoms with van der Waals surface area (Å²) in [7, 11) is 0. The van der Waals surface area contributed by atoms with Crippen molar-refractivity contribution in [2.45, 2.75) is 6.42 Å². The van der Waals surface area contributed by atoms with Crippen LogP contribution in [0.5, 0.6) is 0 Å². The van der Waals surface area contributed by atoms with E-state index in [2.05, 4.69) is 72.8 Å². The number of benzene rings is 3. The van der Waals surface area contributed by atoms with Gasteiger partial charge in [-0.15, -0.1) is 0 Å². The van der Waals surface area contributed by atoms with E-state index in [1.54, 1.807) is 0 Å². The average Bonchev–Trinajstić information content (AvgIpc) is 2.99. The Morgan fingerprint density at radius 3 is 1.95 bits per heavy atom. The van der Waals surface area contributed by atoms with E-state index in [1.165, 1.54) is 44.2 Å². The summed E-state index contributed by atoms with van der Waals surface area (Å²) in [5.41, 5.74) is 8.25. The maximum absolute atomic E-state index is 2.36. The van der Waals surface area contributed by atoms with Crippen molar-refractivity contribution in [2.75, 3.05) is 0 Å². The molecule has 0 saturated carbocycles. The van der Waals surface area contributed by atoms with E-state index in [4.69, 9.17) is 0 Å². The number of fused-ring (bicyclic) bond motifs is 5. The highest BCUT2D eigenvalue weighted by molar-refractivity contribution is 6.19. The van der Waals surface area contributed by atoms with E-state index in [0.717, 1.165) is 6.42 Å². The van der Waals surface area contributed by atoms with Crippen molar-refractivity contribution in [3.63, 3.8) is 0 Å². The summed E-state index contributed by atoms with van der Waals surface area (Å²) in [6.07, 6.45) is 5.76. The van der Waals surface area contributed by atoms with Crippen LogP contribution in [-0.4, -0.2) is 0 Å². The van der Waals surface area contributed by atoms with Crippen LogP contribution >= 0.6 is 0 Å². The second kappa shape index (κ2) is 3.95. The first-order chi connectivity index (χ1) is 10.4. The lowest BCUT2D eigenvalue weighted by Crippen LogP contribution is -1.86. The van der Waals surface area contributed by atoms with Crippen LogP contribution in [0.2, 0.25) is 0 Å². The minimum Gasteiger partial charge on any atom is -0.0722 e. The molecule has 2 aliphatic rings. The fraction of sp³-hybridized carbons (Fsp3) is 0.0476. The Bertz CT molecular complexity index is 949. The van der Waals surface area contributed by atoms with Crippen LogP contribution in [0.4, 0.5) is 0 Å². The molecule has 3 aromatic carbocycles. The lowest BCUT2D eigenvalue weighted by atomic mass is 9.94. The van der Waals surface area contributed by atoms with Crippen LogP contribution < -0.4 is 0 Å². The fourth-order valence-corrected chi connectivity index (χ4v) is 3.77. The second-order valence-electron chi connectivity index (χ2n) is 5.73. The topological polar surface area (TPSA) is 0 Å². The summed E-state index contributed by atoms with van der Waals surface area (Å²) in [4.78, 5) is 0. The van der Waals surface area contributed by atoms with Crippen molar-refractivity contribution in [3.8, 4) is 11.1 Å². The molecule has 0 bridgehead atoms. The van der Waals surface area contributed by atoms with Gasteiger partial charge in [0, 0.05) is 0 Å². The maximum atomic E-state index is 2.36. The van der Waals surface area contributed by atoms with E-state index in [0.29, 0.717) is 0 Å². The van der Waals surface area contributed by atoms with E-state index in [9.17, 15) is 0 Å². The SMILES string of the molecule is C1=C2C(=CC1)c1cccc3cccc(c13)-c1ccccc12. The molecule has 21 heavy (non-hydrogen) atoms. The summed E-state index contributed by atoms with van der Waals surface area (Å²) in [5, 5.41) is 2.72. The third kappa shape index (κ3) is 1.39. The molecule has 0 heterocycles. The summed E-state index contributed by atoms with van der Waals surface area (Å²) >= 11 is 0. The van der Waals surface area contributed by atoms with E-state index >= 15 is 0 Å². The lowest BCUT2D eigenvalue weighted by molar-refractivity contribution is 1.45. The number of hydrogen-bond acceptors (Lipinski definition) is 0.